The summed E-state index contributed by atoms with van der Waals surface area (Å²) in [4.78, 5) is 31.9. The average molecular weight is 418 g/mol. The third-order valence-corrected chi connectivity index (χ3v) is 5.54. The maximum atomic E-state index is 13.3. The van der Waals surface area contributed by atoms with Gasteiger partial charge >= 0.3 is 0 Å². The summed E-state index contributed by atoms with van der Waals surface area (Å²) in [5.41, 5.74) is 4.70. The molecule has 0 aliphatic carbocycles. The maximum absolute atomic E-state index is 13.3. The molecule has 1 aliphatic heterocycles. The summed E-state index contributed by atoms with van der Waals surface area (Å²) in [5, 5.41) is 3.77. The average Bonchev–Trinajstić information content (AvgIpc) is 2.97. The van der Waals surface area contributed by atoms with Crippen LogP contribution >= 0.6 is 11.6 Å². The van der Waals surface area contributed by atoms with Crippen molar-refractivity contribution in [3.63, 3.8) is 0 Å². The number of imide groups is 1. The first-order valence-corrected chi connectivity index (χ1v) is 9.92. The molecule has 1 N–H and O–H groups in total. The predicted octanol–water partition coefficient (Wildman–Crippen LogP) is 4.74. The molecule has 0 saturated heterocycles. The monoisotopic (exact) mass is 417 g/mol. The fraction of sp³-hybridized carbons (Fsp3) is 0.125. The van der Waals surface area contributed by atoms with Crippen molar-refractivity contribution in [3.8, 4) is 0 Å². The van der Waals surface area contributed by atoms with Crippen molar-refractivity contribution in [2.45, 2.75) is 20.4 Å². The highest BCUT2D eigenvalue weighted by Crippen LogP contribution is 2.33. The van der Waals surface area contributed by atoms with E-state index in [0.29, 0.717) is 21.8 Å². The Labute approximate surface area is 180 Å². The SMILES string of the molecule is Cc1ccc(C2=C(Nc3cccc(Cl)c3C)C(=O)N(Cc3ccncc3)C2=O)cc1. The van der Waals surface area contributed by atoms with Crippen LogP contribution in [-0.4, -0.2) is 21.7 Å². The summed E-state index contributed by atoms with van der Waals surface area (Å²) in [6.45, 7) is 4.02. The van der Waals surface area contributed by atoms with Gasteiger partial charge < -0.3 is 5.32 Å². The number of anilines is 1. The van der Waals surface area contributed by atoms with Crippen molar-refractivity contribution in [2.24, 2.45) is 0 Å². The van der Waals surface area contributed by atoms with E-state index in [0.717, 1.165) is 16.7 Å². The van der Waals surface area contributed by atoms with Gasteiger partial charge in [0.25, 0.3) is 11.8 Å². The van der Waals surface area contributed by atoms with E-state index in [1.54, 1.807) is 36.7 Å². The Hall–Kier alpha value is -3.44. The van der Waals surface area contributed by atoms with E-state index in [4.69, 9.17) is 11.6 Å². The topological polar surface area (TPSA) is 62.3 Å². The number of carbonyl (C=O) groups excluding carboxylic acids is 2. The Morgan fingerprint density at radius 2 is 1.63 bits per heavy atom. The van der Waals surface area contributed by atoms with E-state index >= 15 is 0 Å². The van der Waals surface area contributed by atoms with Gasteiger partial charge in [0.05, 0.1) is 12.1 Å². The molecule has 1 aliphatic rings. The molecule has 2 heterocycles. The summed E-state index contributed by atoms with van der Waals surface area (Å²) in [5.74, 6) is -0.699. The Morgan fingerprint density at radius 1 is 0.933 bits per heavy atom. The third kappa shape index (κ3) is 3.72. The molecule has 0 fully saturated rings. The van der Waals surface area contributed by atoms with Gasteiger partial charge in [-0.15, -0.1) is 0 Å². The first-order valence-electron chi connectivity index (χ1n) is 9.54. The highest BCUT2D eigenvalue weighted by molar-refractivity contribution is 6.36. The molecular formula is C24H20ClN3O2. The molecule has 5 nitrogen and oxygen atoms in total. The second kappa shape index (κ2) is 8.13. The predicted molar refractivity (Wildman–Crippen MR) is 118 cm³/mol. The number of rotatable bonds is 5. The summed E-state index contributed by atoms with van der Waals surface area (Å²) < 4.78 is 0. The van der Waals surface area contributed by atoms with Gasteiger partial charge in [0.2, 0.25) is 0 Å². The second-order valence-electron chi connectivity index (χ2n) is 7.21. The smallest absolute Gasteiger partial charge is 0.278 e. The number of nitrogens with zero attached hydrogens (tertiary/aromatic N) is 2. The van der Waals surface area contributed by atoms with Crippen LogP contribution < -0.4 is 5.32 Å². The molecule has 30 heavy (non-hydrogen) atoms. The number of nitrogens with one attached hydrogen (secondary N) is 1. The number of carbonyl (C=O) groups is 2. The lowest BCUT2D eigenvalue weighted by Gasteiger charge is -2.16. The quantitative estimate of drug-likeness (QED) is 0.609. The van der Waals surface area contributed by atoms with Crippen LogP contribution in [0, 0.1) is 13.8 Å². The standard InChI is InChI=1S/C24H20ClN3O2/c1-15-6-8-18(9-7-15)21-22(27-20-5-3-4-19(25)16(20)2)24(30)28(23(21)29)14-17-10-12-26-13-11-17/h3-13,27H,14H2,1-2H3. The highest BCUT2D eigenvalue weighted by Gasteiger charge is 2.39. The third-order valence-electron chi connectivity index (χ3n) is 5.13. The fourth-order valence-electron chi connectivity index (χ4n) is 3.37. The summed E-state index contributed by atoms with van der Waals surface area (Å²) >= 11 is 6.25. The lowest BCUT2D eigenvalue weighted by molar-refractivity contribution is -0.137. The summed E-state index contributed by atoms with van der Waals surface area (Å²) in [6.07, 6.45) is 3.28. The van der Waals surface area contributed by atoms with Crippen LogP contribution in [-0.2, 0) is 16.1 Å². The van der Waals surface area contributed by atoms with Gasteiger partial charge in [-0.05, 0) is 54.8 Å². The van der Waals surface area contributed by atoms with Crippen molar-refractivity contribution in [3.05, 3.63) is 100.0 Å². The number of pyridine rings is 1. The van der Waals surface area contributed by atoms with Gasteiger partial charge in [0, 0.05) is 23.1 Å². The van der Waals surface area contributed by atoms with Crippen LogP contribution in [0.1, 0.15) is 22.3 Å². The molecule has 6 heteroatoms. The van der Waals surface area contributed by atoms with Crippen LogP contribution in [0.25, 0.3) is 5.57 Å². The van der Waals surface area contributed by atoms with Gasteiger partial charge in [-0.1, -0.05) is 47.5 Å². The zero-order valence-corrected chi connectivity index (χ0v) is 17.4. The van der Waals surface area contributed by atoms with Crippen LogP contribution in [0.5, 0.6) is 0 Å². The number of aromatic nitrogens is 1. The molecule has 150 valence electrons. The Morgan fingerprint density at radius 3 is 2.33 bits per heavy atom. The van der Waals surface area contributed by atoms with Gasteiger partial charge in [-0.25, -0.2) is 0 Å². The molecule has 0 spiro atoms. The highest BCUT2D eigenvalue weighted by atomic mass is 35.5. The molecule has 0 saturated carbocycles. The molecule has 1 aromatic heterocycles. The van der Waals surface area contributed by atoms with Crippen LogP contribution in [0.4, 0.5) is 5.69 Å². The van der Waals surface area contributed by atoms with Crippen LogP contribution in [0.15, 0.2) is 72.7 Å². The van der Waals surface area contributed by atoms with Crippen molar-refractivity contribution in [2.75, 3.05) is 5.32 Å². The number of halogens is 1. The molecule has 0 radical (unpaired) electrons. The number of hydrogen-bond acceptors (Lipinski definition) is 4. The minimum atomic E-state index is -0.369. The van der Waals surface area contributed by atoms with E-state index in [1.165, 1.54) is 4.90 Å². The number of hydrogen-bond donors (Lipinski definition) is 1. The van der Waals surface area contributed by atoms with Crippen molar-refractivity contribution < 1.29 is 9.59 Å². The zero-order valence-electron chi connectivity index (χ0n) is 16.6. The summed E-state index contributed by atoms with van der Waals surface area (Å²) in [7, 11) is 0. The van der Waals surface area contributed by atoms with Gasteiger partial charge in [0.1, 0.15) is 5.70 Å². The first kappa shape index (κ1) is 19.9. The van der Waals surface area contributed by atoms with Gasteiger partial charge in [-0.3, -0.25) is 19.5 Å². The van der Waals surface area contributed by atoms with Crippen molar-refractivity contribution in [1.82, 2.24) is 9.88 Å². The Balaban J connectivity index is 1.77. The minimum absolute atomic E-state index is 0.176. The van der Waals surface area contributed by atoms with E-state index in [9.17, 15) is 9.59 Å². The van der Waals surface area contributed by atoms with E-state index in [2.05, 4.69) is 10.3 Å². The van der Waals surface area contributed by atoms with Crippen LogP contribution in [0.3, 0.4) is 0 Å². The maximum Gasteiger partial charge on any atom is 0.278 e. The molecule has 2 amide bonds. The first-order chi connectivity index (χ1) is 14.5. The largest absolute Gasteiger partial charge is 0.350 e. The zero-order chi connectivity index (χ0) is 21.3. The fourth-order valence-corrected chi connectivity index (χ4v) is 3.55. The van der Waals surface area contributed by atoms with E-state index < -0.39 is 0 Å². The molecule has 2 aromatic carbocycles. The molecular weight excluding hydrogens is 398 g/mol. The molecule has 0 atom stereocenters. The molecule has 0 bridgehead atoms. The van der Waals surface area contributed by atoms with Crippen molar-refractivity contribution in [1.29, 1.82) is 0 Å². The summed E-state index contributed by atoms with van der Waals surface area (Å²) in [6, 6.07) is 16.6. The number of amides is 2. The van der Waals surface area contributed by atoms with E-state index in [1.807, 2.05) is 44.2 Å². The Bertz CT molecular complexity index is 1150. The number of benzene rings is 2. The lowest BCUT2D eigenvalue weighted by Crippen LogP contribution is -2.32. The Kier molecular flexibility index (Phi) is 5.38. The number of aryl methyl sites for hydroxylation is 1. The second-order valence-corrected chi connectivity index (χ2v) is 7.61. The molecule has 3 aromatic rings. The van der Waals surface area contributed by atoms with E-state index in [-0.39, 0.29) is 24.1 Å². The minimum Gasteiger partial charge on any atom is -0.350 e. The molecule has 4 rings (SSSR count). The van der Waals surface area contributed by atoms with Crippen LogP contribution in [0.2, 0.25) is 5.02 Å². The van der Waals surface area contributed by atoms with Gasteiger partial charge in [0.15, 0.2) is 0 Å². The normalized spacial score (nSPS) is 13.9. The van der Waals surface area contributed by atoms with Gasteiger partial charge in [-0.2, -0.15) is 0 Å². The lowest BCUT2D eigenvalue weighted by atomic mass is 10.0. The van der Waals surface area contributed by atoms with Crippen molar-refractivity contribution >= 4 is 34.7 Å². The molecule has 0 unspecified atom stereocenters.